The van der Waals surface area contributed by atoms with E-state index in [-0.39, 0.29) is 0 Å². The van der Waals surface area contributed by atoms with Crippen molar-refractivity contribution in [1.82, 2.24) is 9.97 Å². The van der Waals surface area contributed by atoms with Gasteiger partial charge >= 0.3 is 0 Å². The summed E-state index contributed by atoms with van der Waals surface area (Å²) in [5.41, 5.74) is 0.462. The highest BCUT2D eigenvalue weighted by atomic mass is 19.2. The molecule has 6 heteroatoms. The average Bonchev–Trinajstić information content (AvgIpc) is 2.57. The van der Waals surface area contributed by atoms with Gasteiger partial charge in [0.15, 0.2) is 11.6 Å². The van der Waals surface area contributed by atoms with Gasteiger partial charge in [-0.3, -0.25) is 0 Å². The molecule has 24 heavy (non-hydrogen) atoms. The summed E-state index contributed by atoms with van der Waals surface area (Å²) >= 11 is 0. The highest BCUT2D eigenvalue weighted by molar-refractivity contribution is 5.60. The smallest absolute Gasteiger partial charge is 0.160 e. The van der Waals surface area contributed by atoms with Crippen LogP contribution in [0.5, 0.6) is 0 Å². The summed E-state index contributed by atoms with van der Waals surface area (Å²) in [5, 5.41) is 3.04. The van der Waals surface area contributed by atoms with E-state index in [2.05, 4.69) is 27.1 Å². The second-order valence-electron chi connectivity index (χ2n) is 6.16. The molecule has 1 aromatic heterocycles. The van der Waals surface area contributed by atoms with Crippen molar-refractivity contribution < 1.29 is 8.78 Å². The van der Waals surface area contributed by atoms with Gasteiger partial charge < -0.3 is 10.2 Å². The van der Waals surface area contributed by atoms with Crippen LogP contribution >= 0.6 is 0 Å². The third-order valence-corrected chi connectivity index (χ3v) is 4.41. The van der Waals surface area contributed by atoms with Crippen molar-refractivity contribution in [2.75, 3.05) is 16.8 Å². The van der Waals surface area contributed by atoms with Crippen molar-refractivity contribution in [3.63, 3.8) is 0 Å². The van der Waals surface area contributed by atoms with Crippen LogP contribution in [0.1, 0.15) is 38.4 Å². The normalized spacial score (nSPS) is 17.8. The minimum absolute atomic E-state index is 0.462. The molecule has 0 bridgehead atoms. The topological polar surface area (TPSA) is 41.0 Å². The fourth-order valence-electron chi connectivity index (χ4n) is 3.21. The Morgan fingerprint density at radius 3 is 2.75 bits per heavy atom. The van der Waals surface area contributed by atoms with Crippen LogP contribution < -0.4 is 10.2 Å². The Hall–Kier alpha value is -2.24. The quantitative estimate of drug-likeness (QED) is 0.890. The van der Waals surface area contributed by atoms with E-state index in [9.17, 15) is 8.78 Å². The number of piperidine rings is 1. The standard InChI is InChI=1S/C18H22F2N4/c1-3-14-6-4-5-9-24(14)18-11-17(21-12(2)22-18)23-13-7-8-15(19)16(20)10-13/h7-8,10-11,14H,3-6,9H2,1-2H3,(H,21,22,23). The van der Waals surface area contributed by atoms with Gasteiger partial charge in [0.2, 0.25) is 0 Å². The van der Waals surface area contributed by atoms with E-state index >= 15 is 0 Å². The molecular weight excluding hydrogens is 310 g/mol. The fraction of sp³-hybridized carbons (Fsp3) is 0.444. The SMILES string of the molecule is CCC1CCCCN1c1cc(Nc2ccc(F)c(F)c2)nc(C)n1. The van der Waals surface area contributed by atoms with Crippen LogP contribution in [0.15, 0.2) is 24.3 Å². The van der Waals surface area contributed by atoms with Crippen molar-refractivity contribution >= 4 is 17.3 Å². The van der Waals surface area contributed by atoms with E-state index < -0.39 is 11.6 Å². The first-order valence-corrected chi connectivity index (χ1v) is 8.41. The maximum absolute atomic E-state index is 13.4. The monoisotopic (exact) mass is 332 g/mol. The van der Waals surface area contributed by atoms with Gasteiger partial charge in [0.05, 0.1) is 0 Å². The predicted molar refractivity (Wildman–Crippen MR) is 91.7 cm³/mol. The van der Waals surface area contributed by atoms with Crippen molar-refractivity contribution in [2.45, 2.75) is 45.6 Å². The summed E-state index contributed by atoms with van der Waals surface area (Å²) in [7, 11) is 0. The lowest BCUT2D eigenvalue weighted by Gasteiger charge is -2.36. The highest BCUT2D eigenvalue weighted by Gasteiger charge is 2.22. The summed E-state index contributed by atoms with van der Waals surface area (Å²) in [6.45, 7) is 5.02. The Labute approximate surface area is 140 Å². The molecule has 1 N–H and O–H groups in total. The van der Waals surface area contributed by atoms with Gasteiger partial charge in [-0.1, -0.05) is 6.92 Å². The summed E-state index contributed by atoms with van der Waals surface area (Å²) in [6.07, 6.45) is 4.66. The number of aryl methyl sites for hydroxylation is 1. The van der Waals surface area contributed by atoms with Crippen LogP contribution in [-0.2, 0) is 0 Å². The molecule has 0 radical (unpaired) electrons. The molecular formula is C18H22F2N4. The molecule has 1 aliphatic heterocycles. The number of aromatic nitrogens is 2. The van der Waals surface area contributed by atoms with Crippen LogP contribution in [0.25, 0.3) is 0 Å². The highest BCUT2D eigenvalue weighted by Crippen LogP contribution is 2.27. The second-order valence-corrected chi connectivity index (χ2v) is 6.16. The van der Waals surface area contributed by atoms with Crippen LogP contribution in [0.3, 0.4) is 0 Å². The van der Waals surface area contributed by atoms with Gasteiger partial charge in [-0.25, -0.2) is 18.7 Å². The van der Waals surface area contributed by atoms with E-state index in [1.54, 1.807) is 0 Å². The van der Waals surface area contributed by atoms with E-state index in [4.69, 9.17) is 0 Å². The largest absolute Gasteiger partial charge is 0.353 e. The third kappa shape index (κ3) is 3.63. The number of nitrogens with one attached hydrogen (secondary N) is 1. The van der Waals surface area contributed by atoms with E-state index in [0.29, 0.717) is 23.4 Å². The zero-order valence-electron chi connectivity index (χ0n) is 14.0. The number of hydrogen-bond donors (Lipinski definition) is 1. The van der Waals surface area contributed by atoms with Crippen LogP contribution in [-0.4, -0.2) is 22.6 Å². The number of rotatable bonds is 4. The number of anilines is 3. The lowest BCUT2D eigenvalue weighted by Crippen LogP contribution is -2.39. The van der Waals surface area contributed by atoms with Crippen LogP contribution in [0, 0.1) is 18.6 Å². The van der Waals surface area contributed by atoms with Crippen molar-refractivity contribution in [3.8, 4) is 0 Å². The van der Waals surface area contributed by atoms with Crippen molar-refractivity contribution in [2.24, 2.45) is 0 Å². The molecule has 3 rings (SSSR count). The maximum atomic E-state index is 13.4. The first-order chi connectivity index (χ1) is 11.6. The number of nitrogens with zero attached hydrogens (tertiary/aromatic N) is 3. The molecule has 0 saturated carbocycles. The summed E-state index contributed by atoms with van der Waals surface area (Å²) in [4.78, 5) is 11.3. The molecule has 128 valence electrons. The second kappa shape index (κ2) is 7.11. The van der Waals surface area contributed by atoms with Crippen LogP contribution in [0.4, 0.5) is 26.1 Å². The third-order valence-electron chi connectivity index (χ3n) is 4.41. The molecule has 0 spiro atoms. The predicted octanol–water partition coefficient (Wildman–Crippen LogP) is 4.58. The lowest BCUT2D eigenvalue weighted by atomic mass is 10.00. The molecule has 1 aromatic carbocycles. The molecule has 2 aromatic rings. The molecule has 1 saturated heterocycles. The molecule has 0 amide bonds. The zero-order valence-corrected chi connectivity index (χ0v) is 14.0. The molecule has 4 nitrogen and oxygen atoms in total. The average molecular weight is 332 g/mol. The van der Waals surface area contributed by atoms with Gasteiger partial charge in [0.25, 0.3) is 0 Å². The van der Waals surface area contributed by atoms with Gasteiger partial charge in [-0.15, -0.1) is 0 Å². The Morgan fingerprint density at radius 2 is 2.00 bits per heavy atom. The van der Waals surface area contributed by atoms with Gasteiger partial charge in [-0.2, -0.15) is 0 Å². The van der Waals surface area contributed by atoms with Crippen molar-refractivity contribution in [3.05, 3.63) is 41.7 Å². The fourth-order valence-corrected chi connectivity index (χ4v) is 3.21. The minimum Gasteiger partial charge on any atom is -0.353 e. The summed E-state index contributed by atoms with van der Waals surface area (Å²) in [5.74, 6) is 0.383. The lowest BCUT2D eigenvalue weighted by molar-refractivity contribution is 0.446. The number of hydrogen-bond acceptors (Lipinski definition) is 4. The first kappa shape index (κ1) is 16.6. The summed E-state index contributed by atoms with van der Waals surface area (Å²) in [6, 6.07) is 6.09. The molecule has 0 aliphatic carbocycles. The Bertz CT molecular complexity index is 720. The Balaban J connectivity index is 1.86. The van der Waals surface area contributed by atoms with Gasteiger partial charge in [0.1, 0.15) is 17.5 Å². The zero-order chi connectivity index (χ0) is 17.1. The molecule has 1 atom stereocenters. The first-order valence-electron chi connectivity index (χ1n) is 8.41. The van der Waals surface area contributed by atoms with E-state index in [1.165, 1.54) is 18.9 Å². The Morgan fingerprint density at radius 1 is 1.17 bits per heavy atom. The van der Waals surface area contributed by atoms with Gasteiger partial charge in [0, 0.05) is 30.4 Å². The van der Waals surface area contributed by atoms with Crippen molar-refractivity contribution in [1.29, 1.82) is 0 Å². The molecule has 1 aliphatic rings. The molecule has 1 fully saturated rings. The maximum Gasteiger partial charge on any atom is 0.160 e. The van der Waals surface area contributed by atoms with E-state index in [1.807, 2.05) is 13.0 Å². The Kier molecular flexibility index (Phi) is 4.92. The minimum atomic E-state index is -0.881. The van der Waals surface area contributed by atoms with E-state index in [0.717, 1.165) is 37.3 Å². The number of benzene rings is 1. The summed E-state index contributed by atoms with van der Waals surface area (Å²) < 4.78 is 26.4. The van der Waals surface area contributed by atoms with Gasteiger partial charge in [-0.05, 0) is 44.7 Å². The molecule has 1 unspecified atom stereocenters. The van der Waals surface area contributed by atoms with Crippen LogP contribution in [0.2, 0.25) is 0 Å². The number of halogens is 2. The molecule has 2 heterocycles.